The van der Waals surface area contributed by atoms with E-state index in [0.717, 1.165) is 22.3 Å². The summed E-state index contributed by atoms with van der Waals surface area (Å²) in [6.07, 6.45) is 1.50. The fourth-order valence-corrected chi connectivity index (χ4v) is 4.33. The van der Waals surface area contributed by atoms with Crippen molar-refractivity contribution in [2.45, 2.75) is 20.1 Å². The van der Waals surface area contributed by atoms with E-state index in [0.29, 0.717) is 29.8 Å². The number of carbonyl (C=O) groups excluding carboxylic acids is 1. The summed E-state index contributed by atoms with van der Waals surface area (Å²) in [6, 6.07) is 29.6. The monoisotopic (exact) mass is 507 g/mol. The minimum atomic E-state index is -0.683. The Hall–Kier alpha value is -4.71. The van der Waals surface area contributed by atoms with Gasteiger partial charge in [0, 0.05) is 12.7 Å². The fourth-order valence-electron chi connectivity index (χ4n) is 4.33. The number of carbonyl (C=O) groups is 1. The lowest BCUT2D eigenvalue weighted by Crippen LogP contribution is -2.21. The van der Waals surface area contributed by atoms with Crippen LogP contribution in [0.25, 0.3) is 22.0 Å². The number of aromatic nitrogens is 1. The highest BCUT2D eigenvalue weighted by molar-refractivity contribution is 5.94. The molecule has 0 unspecified atom stereocenters. The Balaban J connectivity index is 1.43. The van der Waals surface area contributed by atoms with Gasteiger partial charge in [-0.1, -0.05) is 66.7 Å². The van der Waals surface area contributed by atoms with Gasteiger partial charge >= 0.3 is 5.97 Å². The van der Waals surface area contributed by atoms with E-state index >= 15 is 0 Å². The molecule has 5 rings (SSSR count). The van der Waals surface area contributed by atoms with Crippen LogP contribution in [-0.4, -0.2) is 17.1 Å². The first-order chi connectivity index (χ1) is 18.5. The van der Waals surface area contributed by atoms with Crippen molar-refractivity contribution in [3.8, 4) is 16.9 Å². The van der Waals surface area contributed by atoms with Gasteiger partial charge < -0.3 is 14.0 Å². The van der Waals surface area contributed by atoms with Crippen molar-refractivity contribution < 1.29 is 18.7 Å². The maximum atomic E-state index is 13.4. The number of esters is 1. The molecule has 5 nitrogen and oxygen atoms in total. The van der Waals surface area contributed by atoms with Gasteiger partial charge in [0.05, 0.1) is 17.5 Å². The molecule has 0 saturated carbocycles. The lowest BCUT2D eigenvalue weighted by atomic mass is 10.0. The summed E-state index contributed by atoms with van der Waals surface area (Å²) in [6.45, 7) is 2.51. The van der Waals surface area contributed by atoms with Crippen LogP contribution in [0.5, 0.6) is 5.75 Å². The van der Waals surface area contributed by atoms with E-state index in [2.05, 4.69) is 12.1 Å². The Labute approximate surface area is 219 Å². The molecule has 0 aliphatic rings. The van der Waals surface area contributed by atoms with Crippen LogP contribution in [0.3, 0.4) is 0 Å². The maximum absolute atomic E-state index is 13.4. The molecule has 1 aromatic heterocycles. The zero-order valence-electron chi connectivity index (χ0n) is 20.9. The zero-order chi connectivity index (χ0) is 26.5. The molecule has 5 aromatic rings. The van der Waals surface area contributed by atoms with Gasteiger partial charge in [-0.2, -0.15) is 0 Å². The van der Waals surface area contributed by atoms with Crippen molar-refractivity contribution in [2.24, 2.45) is 0 Å². The quantitative estimate of drug-likeness (QED) is 0.222. The molecule has 1 heterocycles. The third-order valence-corrected chi connectivity index (χ3v) is 6.28. The van der Waals surface area contributed by atoms with E-state index in [-0.39, 0.29) is 18.0 Å². The van der Waals surface area contributed by atoms with E-state index in [9.17, 15) is 14.0 Å². The van der Waals surface area contributed by atoms with Crippen LogP contribution in [0.1, 0.15) is 28.4 Å². The lowest BCUT2D eigenvalue weighted by molar-refractivity contribution is 0.0524. The minimum Gasteiger partial charge on any atom is -0.489 e. The van der Waals surface area contributed by atoms with Gasteiger partial charge in [-0.3, -0.25) is 4.79 Å². The van der Waals surface area contributed by atoms with Crippen LogP contribution in [0, 0.1) is 5.82 Å². The summed E-state index contributed by atoms with van der Waals surface area (Å²) in [5.41, 5.74) is 4.22. The molecule has 0 atom stereocenters. The smallest absolute Gasteiger partial charge is 0.343 e. The average Bonchev–Trinajstić information content (AvgIpc) is 2.95. The normalized spacial score (nSPS) is 10.9. The van der Waals surface area contributed by atoms with Gasteiger partial charge in [0.15, 0.2) is 0 Å². The fraction of sp³-hybridized carbons (Fsp3) is 0.125. The molecule has 0 saturated heterocycles. The second-order valence-corrected chi connectivity index (χ2v) is 8.88. The van der Waals surface area contributed by atoms with E-state index < -0.39 is 11.4 Å². The van der Waals surface area contributed by atoms with Crippen molar-refractivity contribution in [3.05, 3.63) is 136 Å². The van der Waals surface area contributed by atoms with E-state index in [1.807, 2.05) is 42.5 Å². The molecule has 0 N–H and O–H groups in total. The van der Waals surface area contributed by atoms with Gasteiger partial charge in [-0.05, 0) is 59.5 Å². The highest BCUT2D eigenvalue weighted by Crippen LogP contribution is 2.23. The number of nitrogens with zero attached hydrogens (tertiary/aromatic N) is 1. The van der Waals surface area contributed by atoms with E-state index in [1.54, 1.807) is 41.8 Å². The first kappa shape index (κ1) is 25.0. The Morgan fingerprint density at radius 3 is 2.24 bits per heavy atom. The number of benzene rings is 4. The van der Waals surface area contributed by atoms with Crippen molar-refractivity contribution >= 4 is 16.9 Å². The van der Waals surface area contributed by atoms with Gasteiger partial charge in [-0.15, -0.1) is 0 Å². The van der Waals surface area contributed by atoms with Crippen LogP contribution in [0.4, 0.5) is 4.39 Å². The Morgan fingerprint density at radius 1 is 0.842 bits per heavy atom. The number of ether oxygens (including phenoxy) is 2. The third kappa shape index (κ3) is 5.49. The minimum absolute atomic E-state index is 0.0601. The van der Waals surface area contributed by atoms with Crippen molar-refractivity contribution in [1.82, 2.24) is 4.57 Å². The topological polar surface area (TPSA) is 57.5 Å². The molecule has 0 amide bonds. The molecule has 190 valence electrons. The molecule has 6 heteroatoms. The number of halogens is 1. The van der Waals surface area contributed by atoms with Crippen LogP contribution in [0.15, 0.2) is 108 Å². The van der Waals surface area contributed by atoms with E-state index in [4.69, 9.17) is 9.47 Å². The molecule has 0 spiro atoms. The van der Waals surface area contributed by atoms with Gasteiger partial charge in [0.1, 0.15) is 23.7 Å². The molecule has 0 bridgehead atoms. The van der Waals surface area contributed by atoms with Crippen LogP contribution >= 0.6 is 0 Å². The summed E-state index contributed by atoms with van der Waals surface area (Å²) in [5.74, 6) is -0.504. The van der Waals surface area contributed by atoms with Crippen LogP contribution in [0.2, 0.25) is 0 Å². The highest BCUT2D eigenvalue weighted by atomic mass is 19.1. The van der Waals surface area contributed by atoms with Gasteiger partial charge in [-0.25, -0.2) is 9.18 Å². The van der Waals surface area contributed by atoms with E-state index in [1.165, 1.54) is 18.3 Å². The lowest BCUT2D eigenvalue weighted by Gasteiger charge is -2.15. The highest BCUT2D eigenvalue weighted by Gasteiger charge is 2.17. The predicted molar refractivity (Wildman–Crippen MR) is 146 cm³/mol. The first-order valence-corrected chi connectivity index (χ1v) is 12.4. The summed E-state index contributed by atoms with van der Waals surface area (Å²) in [7, 11) is 0. The summed E-state index contributed by atoms with van der Waals surface area (Å²) in [5, 5.41) is 0.342. The van der Waals surface area contributed by atoms with Crippen molar-refractivity contribution in [1.29, 1.82) is 0 Å². The van der Waals surface area contributed by atoms with Gasteiger partial charge in [0.25, 0.3) is 0 Å². The average molecular weight is 508 g/mol. The van der Waals surface area contributed by atoms with Crippen LogP contribution in [-0.2, 0) is 17.9 Å². The molecular weight excluding hydrogens is 481 g/mol. The summed E-state index contributed by atoms with van der Waals surface area (Å²) >= 11 is 0. The number of pyridine rings is 1. The molecule has 0 aliphatic carbocycles. The summed E-state index contributed by atoms with van der Waals surface area (Å²) < 4.78 is 26.3. The third-order valence-electron chi connectivity index (χ3n) is 6.28. The standard InChI is InChI=1S/C32H26FNO4/c1-2-37-32(36)29-20-34(19-22-10-14-26(33)15-11-22)30-17-16-27(18-28(30)31(29)35)38-21-23-8-12-25(13-9-23)24-6-4-3-5-7-24/h3-18,20H,2,19,21H2,1H3. The Kier molecular flexibility index (Phi) is 7.31. The Bertz CT molecular complexity index is 1630. The predicted octanol–water partition coefficient (Wildman–Crippen LogP) is 6.61. The molecule has 0 radical (unpaired) electrons. The molecule has 0 fully saturated rings. The number of fused-ring (bicyclic) bond motifs is 1. The second kappa shape index (κ2) is 11.1. The SMILES string of the molecule is CCOC(=O)c1cn(Cc2ccc(F)cc2)c2ccc(OCc3ccc(-c4ccccc4)cc3)cc2c1=O. The van der Waals surface area contributed by atoms with Gasteiger partial charge in [0.2, 0.25) is 5.43 Å². The zero-order valence-corrected chi connectivity index (χ0v) is 20.9. The van der Waals surface area contributed by atoms with Crippen molar-refractivity contribution in [2.75, 3.05) is 6.61 Å². The summed E-state index contributed by atoms with van der Waals surface area (Å²) in [4.78, 5) is 25.8. The van der Waals surface area contributed by atoms with Crippen LogP contribution < -0.4 is 10.2 Å². The molecule has 38 heavy (non-hydrogen) atoms. The molecule has 0 aliphatic heterocycles. The molecule has 4 aromatic carbocycles. The first-order valence-electron chi connectivity index (χ1n) is 12.4. The number of hydrogen-bond acceptors (Lipinski definition) is 4. The maximum Gasteiger partial charge on any atom is 0.343 e. The number of hydrogen-bond donors (Lipinski definition) is 0. The second-order valence-electron chi connectivity index (χ2n) is 8.88. The molecular formula is C32H26FNO4. The largest absolute Gasteiger partial charge is 0.489 e. The Morgan fingerprint density at radius 2 is 1.53 bits per heavy atom. The van der Waals surface area contributed by atoms with Crippen molar-refractivity contribution in [3.63, 3.8) is 0 Å². The number of rotatable bonds is 8.